The van der Waals surface area contributed by atoms with E-state index in [0.29, 0.717) is 18.7 Å². The highest BCUT2D eigenvalue weighted by Gasteiger charge is 2.31. The summed E-state index contributed by atoms with van der Waals surface area (Å²) in [6, 6.07) is 43.4. The van der Waals surface area contributed by atoms with Crippen molar-refractivity contribution in [2.24, 2.45) is 0 Å². The molecule has 0 spiro atoms. The molecule has 0 fully saturated rings. The van der Waals surface area contributed by atoms with E-state index in [1.165, 1.54) is 4.90 Å². The second-order valence-corrected chi connectivity index (χ2v) is 12.4. The Labute approximate surface area is 276 Å². The Hall–Kier alpha value is -4.88. The Bertz CT molecular complexity index is 1670. The molecule has 5 rings (SSSR count). The molecule has 0 saturated carbocycles. The fourth-order valence-electron chi connectivity index (χ4n) is 4.52. The number of amides is 1. The van der Waals surface area contributed by atoms with Crippen molar-refractivity contribution in [3.63, 3.8) is 0 Å². The smallest absolute Gasteiger partial charge is 0.485 e. The van der Waals surface area contributed by atoms with Crippen LogP contribution in [0, 0.1) is 0 Å². The molecule has 0 bridgehead atoms. The van der Waals surface area contributed by atoms with Crippen molar-refractivity contribution >= 4 is 13.9 Å². The molecule has 0 heterocycles. The predicted molar refractivity (Wildman–Crippen MR) is 181 cm³/mol. The third-order valence-corrected chi connectivity index (χ3v) is 8.48. The molecular weight excluding hydrogens is 613 g/mol. The first kappa shape index (κ1) is 33.5. The molecule has 8 nitrogen and oxygen atoms in total. The normalized spacial score (nSPS) is 11.1. The summed E-state index contributed by atoms with van der Waals surface area (Å²) in [6.07, 6.45) is 0.104. The van der Waals surface area contributed by atoms with E-state index in [9.17, 15) is 9.36 Å². The number of likely N-dealkylation sites (N-methyl/N-ethyl adjacent to an activating group) is 1. The molecule has 0 saturated heterocycles. The number of carbonyl (C=O) groups excluding carboxylic acids is 1. The monoisotopic (exact) mass is 651 g/mol. The second kappa shape index (κ2) is 17.2. The minimum absolute atomic E-state index is 0.0257. The molecule has 0 unspecified atom stereocenters. The van der Waals surface area contributed by atoms with Crippen molar-refractivity contribution in [1.29, 1.82) is 0 Å². The van der Waals surface area contributed by atoms with Crippen molar-refractivity contribution in [3.05, 3.63) is 167 Å². The summed E-state index contributed by atoms with van der Waals surface area (Å²) < 4.78 is 43.5. The maximum atomic E-state index is 14.1. The van der Waals surface area contributed by atoms with Gasteiger partial charge in [-0.2, -0.15) is 0 Å². The minimum Gasteiger partial charge on any atom is -0.485 e. The van der Waals surface area contributed by atoms with Gasteiger partial charge in [-0.25, -0.2) is 9.36 Å². The van der Waals surface area contributed by atoms with Gasteiger partial charge < -0.3 is 18.9 Å². The summed E-state index contributed by atoms with van der Waals surface area (Å²) in [5.41, 5.74) is 4.40. The van der Waals surface area contributed by atoms with E-state index >= 15 is 0 Å². The van der Waals surface area contributed by atoms with E-state index in [4.69, 9.17) is 23.0 Å². The molecule has 9 heteroatoms. The van der Waals surface area contributed by atoms with Gasteiger partial charge in [0.2, 0.25) is 0 Å². The number of ether oxygens (including phenoxy) is 2. The van der Waals surface area contributed by atoms with Gasteiger partial charge in [0.25, 0.3) is 0 Å². The van der Waals surface area contributed by atoms with Gasteiger partial charge in [-0.3, -0.25) is 9.05 Å². The SMILES string of the molecule is CN(CCc1ccc(OP(=O)(OCc2ccccc2)OCc2ccccc2)c(OCc2ccccc2)c1)C(=O)OCc1ccccc1. The molecule has 0 aromatic heterocycles. The van der Waals surface area contributed by atoms with E-state index in [2.05, 4.69) is 0 Å². The highest BCUT2D eigenvalue weighted by molar-refractivity contribution is 7.48. The molecule has 242 valence electrons. The lowest BCUT2D eigenvalue weighted by atomic mass is 10.1. The van der Waals surface area contributed by atoms with Crippen molar-refractivity contribution in [2.75, 3.05) is 13.6 Å². The van der Waals surface area contributed by atoms with Crippen LogP contribution in [-0.4, -0.2) is 24.6 Å². The maximum Gasteiger partial charge on any atom is 0.530 e. The summed E-state index contributed by atoms with van der Waals surface area (Å²) in [4.78, 5) is 14.1. The fourth-order valence-corrected chi connectivity index (χ4v) is 5.70. The number of phosphoric ester groups is 1. The van der Waals surface area contributed by atoms with Crippen molar-refractivity contribution in [3.8, 4) is 11.5 Å². The van der Waals surface area contributed by atoms with Crippen molar-refractivity contribution < 1.29 is 32.4 Å². The number of carbonyl (C=O) groups is 1. The zero-order chi connectivity index (χ0) is 32.7. The molecule has 0 atom stereocenters. The fraction of sp³-hybridized carbons (Fsp3) is 0.184. The average Bonchev–Trinajstić information content (AvgIpc) is 3.13. The molecule has 0 N–H and O–H groups in total. The molecule has 0 aliphatic carbocycles. The van der Waals surface area contributed by atoms with Crippen molar-refractivity contribution in [1.82, 2.24) is 4.90 Å². The van der Waals surface area contributed by atoms with Gasteiger partial charge in [0.05, 0.1) is 13.2 Å². The molecule has 0 aliphatic heterocycles. The van der Waals surface area contributed by atoms with Crippen LogP contribution >= 0.6 is 7.82 Å². The highest BCUT2D eigenvalue weighted by Crippen LogP contribution is 2.53. The standard InChI is InChI=1S/C38H38NO7P/c1-39(38(40)43-28-33-16-8-3-9-17-33)25-24-31-22-23-36(37(26-31)42-27-32-14-6-2-7-15-32)46-47(41,44-29-34-18-10-4-11-19-34)45-30-35-20-12-5-13-21-35/h2-23,26H,24-25,27-30H2,1H3. The molecule has 47 heavy (non-hydrogen) atoms. The summed E-state index contributed by atoms with van der Waals surface area (Å²) in [5, 5.41) is 0. The predicted octanol–water partition coefficient (Wildman–Crippen LogP) is 9.00. The zero-order valence-electron chi connectivity index (χ0n) is 26.3. The first-order valence-electron chi connectivity index (χ1n) is 15.3. The van der Waals surface area contributed by atoms with Gasteiger partial charge in [-0.05, 0) is 46.4 Å². The summed E-state index contributed by atoms with van der Waals surface area (Å²) in [7, 11) is -2.44. The lowest BCUT2D eigenvalue weighted by Crippen LogP contribution is -2.29. The second-order valence-electron chi connectivity index (χ2n) is 10.8. The third kappa shape index (κ3) is 10.9. The summed E-state index contributed by atoms with van der Waals surface area (Å²) in [6.45, 7) is 0.916. The van der Waals surface area contributed by atoms with E-state index in [-0.39, 0.29) is 32.2 Å². The van der Waals surface area contributed by atoms with Crippen LogP contribution in [0.25, 0.3) is 0 Å². The van der Waals surface area contributed by atoms with Gasteiger partial charge in [-0.15, -0.1) is 0 Å². The van der Waals surface area contributed by atoms with Crippen LogP contribution in [0.5, 0.6) is 11.5 Å². The zero-order valence-corrected chi connectivity index (χ0v) is 27.2. The quantitative estimate of drug-likeness (QED) is 0.0985. The molecule has 5 aromatic rings. The van der Waals surface area contributed by atoms with E-state index < -0.39 is 13.9 Å². The van der Waals surface area contributed by atoms with E-state index in [1.807, 2.05) is 133 Å². The van der Waals surface area contributed by atoms with Crippen LogP contribution in [-0.2, 0) is 51.2 Å². The van der Waals surface area contributed by atoms with Gasteiger partial charge in [-0.1, -0.05) is 127 Å². The van der Waals surface area contributed by atoms with Crippen LogP contribution in [0.15, 0.2) is 140 Å². The topological polar surface area (TPSA) is 83.5 Å². The first-order valence-corrected chi connectivity index (χ1v) is 16.8. The lowest BCUT2D eigenvalue weighted by Gasteiger charge is -2.21. The molecular formula is C38H38NO7P. The minimum atomic E-state index is -4.14. The maximum absolute atomic E-state index is 14.1. The number of benzene rings is 5. The number of nitrogens with zero attached hydrogens (tertiary/aromatic N) is 1. The number of phosphoric acid groups is 1. The van der Waals surface area contributed by atoms with Gasteiger partial charge >= 0.3 is 13.9 Å². The van der Waals surface area contributed by atoms with Crippen LogP contribution in [0.4, 0.5) is 4.79 Å². The Morgan fingerprint density at radius 3 is 1.55 bits per heavy atom. The first-order chi connectivity index (χ1) is 23.0. The van der Waals surface area contributed by atoms with Crippen LogP contribution in [0.3, 0.4) is 0 Å². The molecule has 0 radical (unpaired) electrons. The van der Waals surface area contributed by atoms with Gasteiger partial charge in [0, 0.05) is 13.6 Å². The van der Waals surface area contributed by atoms with Crippen molar-refractivity contribution in [2.45, 2.75) is 32.8 Å². The van der Waals surface area contributed by atoms with Crippen LogP contribution in [0.1, 0.15) is 27.8 Å². The van der Waals surface area contributed by atoms with E-state index in [1.54, 1.807) is 13.1 Å². The Kier molecular flexibility index (Phi) is 12.2. The molecule has 0 aliphatic rings. The Morgan fingerprint density at radius 1 is 0.574 bits per heavy atom. The third-order valence-electron chi connectivity index (χ3n) is 7.17. The largest absolute Gasteiger partial charge is 0.530 e. The lowest BCUT2D eigenvalue weighted by molar-refractivity contribution is 0.105. The number of hydrogen-bond acceptors (Lipinski definition) is 7. The average molecular weight is 652 g/mol. The number of rotatable bonds is 16. The number of hydrogen-bond donors (Lipinski definition) is 0. The molecule has 1 amide bonds. The van der Waals surface area contributed by atoms with Crippen LogP contribution < -0.4 is 9.26 Å². The Balaban J connectivity index is 1.31. The van der Waals surface area contributed by atoms with Crippen LogP contribution in [0.2, 0.25) is 0 Å². The molecule has 5 aromatic carbocycles. The summed E-state index contributed by atoms with van der Waals surface area (Å²) >= 11 is 0. The highest BCUT2D eigenvalue weighted by atomic mass is 31.2. The van der Waals surface area contributed by atoms with E-state index in [0.717, 1.165) is 27.8 Å². The summed E-state index contributed by atoms with van der Waals surface area (Å²) in [5.74, 6) is 0.581. The van der Waals surface area contributed by atoms with Gasteiger partial charge in [0.15, 0.2) is 11.5 Å². The Morgan fingerprint density at radius 2 is 1.04 bits per heavy atom. The van der Waals surface area contributed by atoms with Gasteiger partial charge in [0.1, 0.15) is 13.2 Å².